The maximum Gasteiger partial charge on any atom is 0.308 e. The molecule has 4 aromatic rings. The van der Waals surface area contributed by atoms with Crippen molar-refractivity contribution in [2.75, 3.05) is 12.8 Å². The molecule has 0 atom stereocenters. The third kappa shape index (κ3) is 3.13. The second kappa shape index (κ2) is 7.56. The number of carbonyl (C=O) groups is 1. The van der Waals surface area contributed by atoms with Gasteiger partial charge in [-0.15, -0.1) is 11.3 Å². The van der Waals surface area contributed by atoms with Crippen LogP contribution in [0.5, 0.6) is 0 Å². The average molecular weight is 441 g/mol. The van der Waals surface area contributed by atoms with E-state index in [0.717, 1.165) is 62.7 Å². The topological polar surface area (TPSA) is 82.5 Å². The smallest absolute Gasteiger partial charge is 0.308 e. The number of rotatable bonds is 3. The number of esters is 1. The molecule has 0 amide bonds. The van der Waals surface area contributed by atoms with Crippen LogP contribution in [-0.4, -0.2) is 27.4 Å². The number of fused-ring (bicyclic) bond motifs is 2. The molecular formula is C22H21ClN4O2S. The number of carbonyl (C=O) groups excluding carboxylic acids is 1. The highest BCUT2D eigenvalue weighted by Crippen LogP contribution is 2.42. The van der Waals surface area contributed by atoms with Crippen molar-refractivity contribution in [2.45, 2.75) is 31.6 Å². The van der Waals surface area contributed by atoms with E-state index < -0.39 is 0 Å². The Morgan fingerprint density at radius 2 is 2.10 bits per heavy atom. The number of nitrogen functional groups attached to an aromatic ring is 1. The zero-order valence-corrected chi connectivity index (χ0v) is 18.0. The lowest BCUT2D eigenvalue weighted by Crippen LogP contribution is -2.23. The van der Waals surface area contributed by atoms with Gasteiger partial charge in [-0.25, -0.2) is 9.97 Å². The molecule has 5 rings (SSSR count). The van der Waals surface area contributed by atoms with Gasteiger partial charge in [0.1, 0.15) is 22.9 Å². The number of hydrogen-bond acceptors (Lipinski definition) is 6. The van der Waals surface area contributed by atoms with Gasteiger partial charge in [0.15, 0.2) is 0 Å². The fraction of sp³-hybridized carbons (Fsp3) is 0.318. The fourth-order valence-corrected chi connectivity index (χ4v) is 5.80. The van der Waals surface area contributed by atoms with Crippen LogP contribution in [0.25, 0.3) is 26.2 Å². The van der Waals surface area contributed by atoms with E-state index in [1.54, 1.807) is 17.5 Å². The third-order valence-electron chi connectivity index (χ3n) is 5.97. The zero-order valence-electron chi connectivity index (χ0n) is 16.5. The molecule has 2 N–H and O–H groups in total. The van der Waals surface area contributed by atoms with Crippen LogP contribution in [0, 0.1) is 5.92 Å². The van der Waals surface area contributed by atoms with Gasteiger partial charge < -0.3 is 10.5 Å². The van der Waals surface area contributed by atoms with Gasteiger partial charge in [-0.3, -0.25) is 9.20 Å². The highest BCUT2D eigenvalue weighted by atomic mass is 35.5. The minimum absolute atomic E-state index is 0.0200. The van der Waals surface area contributed by atoms with E-state index in [1.165, 1.54) is 7.11 Å². The number of ether oxygens (including phenoxy) is 1. The monoisotopic (exact) mass is 440 g/mol. The van der Waals surface area contributed by atoms with Crippen LogP contribution in [0.4, 0.5) is 5.82 Å². The van der Waals surface area contributed by atoms with Gasteiger partial charge in [-0.05, 0) is 43.2 Å². The number of methoxy groups -OCH3 is 1. The molecule has 1 aliphatic rings. The van der Waals surface area contributed by atoms with Crippen molar-refractivity contribution in [3.8, 4) is 10.6 Å². The third-order valence-corrected chi connectivity index (χ3v) is 7.58. The van der Waals surface area contributed by atoms with Crippen molar-refractivity contribution in [3.63, 3.8) is 0 Å². The summed E-state index contributed by atoms with van der Waals surface area (Å²) in [4.78, 5) is 22.3. The van der Waals surface area contributed by atoms with Gasteiger partial charge in [-0.1, -0.05) is 23.7 Å². The summed E-state index contributed by atoms with van der Waals surface area (Å²) in [6.45, 7) is 0. The molecule has 30 heavy (non-hydrogen) atoms. The van der Waals surface area contributed by atoms with Crippen molar-refractivity contribution < 1.29 is 9.53 Å². The van der Waals surface area contributed by atoms with Gasteiger partial charge in [0.25, 0.3) is 0 Å². The molecule has 3 heterocycles. The quantitative estimate of drug-likeness (QED) is 0.437. The maximum absolute atomic E-state index is 11.9. The van der Waals surface area contributed by atoms with E-state index in [0.29, 0.717) is 5.82 Å². The van der Waals surface area contributed by atoms with Crippen LogP contribution < -0.4 is 5.73 Å². The van der Waals surface area contributed by atoms with Gasteiger partial charge in [-0.2, -0.15) is 0 Å². The van der Waals surface area contributed by atoms with E-state index in [9.17, 15) is 4.79 Å². The number of hydrogen-bond donors (Lipinski definition) is 1. The van der Waals surface area contributed by atoms with Crippen molar-refractivity contribution in [2.24, 2.45) is 5.92 Å². The Morgan fingerprint density at radius 3 is 2.83 bits per heavy atom. The second-order valence-electron chi connectivity index (χ2n) is 7.69. The second-order valence-corrected chi connectivity index (χ2v) is 9.15. The summed E-state index contributed by atoms with van der Waals surface area (Å²) >= 11 is 8.01. The molecule has 154 valence electrons. The minimum atomic E-state index is -0.113. The predicted octanol–water partition coefficient (Wildman–Crippen LogP) is 5.29. The van der Waals surface area contributed by atoms with Crippen molar-refractivity contribution in [1.82, 2.24) is 14.4 Å². The predicted molar refractivity (Wildman–Crippen MR) is 120 cm³/mol. The summed E-state index contributed by atoms with van der Waals surface area (Å²) in [6, 6.07) is 8.01. The SMILES string of the molecule is COC(=O)[C@H]1CC[C@H](c2nc(-c3cc4cccc(Cl)c4s3)c3c(N)nccn32)CC1. The summed E-state index contributed by atoms with van der Waals surface area (Å²) in [5, 5.41) is 1.82. The fourth-order valence-electron chi connectivity index (χ4n) is 4.45. The lowest BCUT2D eigenvalue weighted by atomic mass is 9.81. The number of halogens is 1. The van der Waals surface area contributed by atoms with Crippen LogP contribution in [0.2, 0.25) is 5.02 Å². The Balaban J connectivity index is 1.59. The first-order chi connectivity index (χ1) is 14.6. The molecule has 1 saturated carbocycles. The van der Waals surface area contributed by atoms with E-state index in [1.807, 2.05) is 18.3 Å². The molecule has 0 radical (unpaired) electrons. The Bertz CT molecular complexity index is 1260. The van der Waals surface area contributed by atoms with Gasteiger partial charge in [0.2, 0.25) is 0 Å². The normalized spacial score (nSPS) is 19.4. The molecular weight excluding hydrogens is 420 g/mol. The summed E-state index contributed by atoms with van der Waals surface area (Å²) in [7, 11) is 1.45. The van der Waals surface area contributed by atoms with Crippen LogP contribution in [0.1, 0.15) is 37.4 Å². The average Bonchev–Trinajstić information content (AvgIpc) is 3.37. The molecule has 0 unspecified atom stereocenters. The van der Waals surface area contributed by atoms with Crippen LogP contribution in [-0.2, 0) is 9.53 Å². The van der Waals surface area contributed by atoms with Crippen molar-refractivity contribution >= 4 is 50.3 Å². The van der Waals surface area contributed by atoms with E-state index in [2.05, 4.69) is 21.5 Å². The Labute approximate surface area is 182 Å². The summed E-state index contributed by atoms with van der Waals surface area (Å²) in [5.74, 6) is 1.55. The first kappa shape index (κ1) is 19.3. The Kier molecular flexibility index (Phi) is 4.87. The van der Waals surface area contributed by atoms with Gasteiger partial charge >= 0.3 is 5.97 Å². The maximum atomic E-state index is 11.9. The van der Waals surface area contributed by atoms with Crippen LogP contribution >= 0.6 is 22.9 Å². The lowest BCUT2D eigenvalue weighted by molar-refractivity contribution is -0.146. The van der Waals surface area contributed by atoms with E-state index in [-0.39, 0.29) is 17.8 Å². The van der Waals surface area contributed by atoms with Crippen LogP contribution in [0.3, 0.4) is 0 Å². The summed E-state index contributed by atoms with van der Waals surface area (Å²) in [5.41, 5.74) is 7.95. The van der Waals surface area contributed by atoms with Crippen LogP contribution in [0.15, 0.2) is 36.7 Å². The number of benzene rings is 1. The number of thiophene rings is 1. The minimum Gasteiger partial charge on any atom is -0.469 e. The first-order valence-corrected chi connectivity index (χ1v) is 11.1. The number of imidazole rings is 1. The summed E-state index contributed by atoms with van der Waals surface area (Å²) in [6.07, 6.45) is 7.02. The molecule has 0 spiro atoms. The molecule has 0 aliphatic heterocycles. The molecule has 1 aromatic carbocycles. The van der Waals surface area contributed by atoms with Gasteiger partial charge in [0, 0.05) is 18.3 Å². The molecule has 0 saturated heterocycles. The zero-order chi connectivity index (χ0) is 20.8. The number of nitrogens with zero attached hydrogens (tertiary/aromatic N) is 3. The largest absolute Gasteiger partial charge is 0.469 e. The number of nitrogens with two attached hydrogens (primary N) is 1. The molecule has 1 fully saturated rings. The molecule has 6 nitrogen and oxygen atoms in total. The van der Waals surface area contributed by atoms with Crippen molar-refractivity contribution in [3.05, 3.63) is 47.5 Å². The lowest BCUT2D eigenvalue weighted by Gasteiger charge is -2.26. The van der Waals surface area contributed by atoms with E-state index in [4.69, 9.17) is 27.1 Å². The number of anilines is 1. The molecule has 3 aromatic heterocycles. The first-order valence-electron chi connectivity index (χ1n) is 9.95. The van der Waals surface area contributed by atoms with E-state index >= 15 is 0 Å². The molecule has 1 aliphatic carbocycles. The standard InChI is InChI=1S/C22H21ClN4O2S/c1-29-22(28)13-7-5-12(6-8-13)21-26-17(18-20(24)25-9-10-27(18)21)16-11-14-3-2-4-15(23)19(14)30-16/h2-4,9-13H,5-8H2,1H3,(H2,24,25)/t12-,13-. The summed E-state index contributed by atoms with van der Waals surface area (Å²) < 4.78 is 8.03. The Hall–Kier alpha value is -2.64. The molecule has 0 bridgehead atoms. The van der Waals surface area contributed by atoms with Crippen molar-refractivity contribution in [1.29, 1.82) is 0 Å². The number of aromatic nitrogens is 3. The highest BCUT2D eigenvalue weighted by Gasteiger charge is 2.31. The molecule has 8 heteroatoms. The highest BCUT2D eigenvalue weighted by molar-refractivity contribution is 7.22. The Morgan fingerprint density at radius 1 is 1.30 bits per heavy atom. The van der Waals surface area contributed by atoms with Gasteiger partial charge in [0.05, 0.1) is 27.6 Å².